The van der Waals surface area contributed by atoms with Gasteiger partial charge in [-0.3, -0.25) is 9.36 Å². The number of amides is 1. The van der Waals surface area contributed by atoms with E-state index in [9.17, 15) is 4.79 Å². The van der Waals surface area contributed by atoms with E-state index in [1.165, 1.54) is 36.6 Å². The van der Waals surface area contributed by atoms with Crippen molar-refractivity contribution in [2.75, 3.05) is 5.75 Å². The van der Waals surface area contributed by atoms with E-state index in [1.807, 2.05) is 30.5 Å². The van der Waals surface area contributed by atoms with Crippen LogP contribution in [0.1, 0.15) is 49.3 Å². The quantitative estimate of drug-likeness (QED) is 0.212. The van der Waals surface area contributed by atoms with Crippen molar-refractivity contribution in [3.8, 4) is 11.4 Å². The molecular weight excluding hydrogens is 444 g/mol. The number of benzene rings is 2. The number of hydrazone groups is 1. The second-order valence-electron chi connectivity index (χ2n) is 8.71. The molecule has 2 aromatic heterocycles. The zero-order valence-corrected chi connectivity index (χ0v) is 20.0. The van der Waals surface area contributed by atoms with Gasteiger partial charge < -0.3 is 4.98 Å². The average Bonchev–Trinajstić information content (AvgIpc) is 3.48. The number of carbonyl (C=O) groups excluding carboxylic acids is 1. The molecule has 1 saturated carbocycles. The first kappa shape index (κ1) is 22.4. The summed E-state index contributed by atoms with van der Waals surface area (Å²) < 4.78 is 2.25. The predicted octanol–water partition coefficient (Wildman–Crippen LogP) is 5.48. The van der Waals surface area contributed by atoms with E-state index >= 15 is 0 Å². The Morgan fingerprint density at radius 2 is 1.94 bits per heavy atom. The van der Waals surface area contributed by atoms with Gasteiger partial charge in [-0.1, -0.05) is 79.1 Å². The fraction of sp³-hybridized carbons (Fsp3) is 0.308. The molecule has 1 fully saturated rings. The monoisotopic (exact) mass is 472 g/mol. The number of aromatic amines is 1. The fourth-order valence-electron chi connectivity index (χ4n) is 4.48. The summed E-state index contributed by atoms with van der Waals surface area (Å²) in [4.78, 5) is 15.7. The Kier molecular flexibility index (Phi) is 6.76. The van der Waals surface area contributed by atoms with Gasteiger partial charge in [-0.2, -0.15) is 5.10 Å². The molecule has 1 aliphatic carbocycles. The fourth-order valence-corrected chi connectivity index (χ4v) is 5.28. The molecule has 174 valence electrons. The van der Waals surface area contributed by atoms with Crippen LogP contribution in [0.5, 0.6) is 0 Å². The van der Waals surface area contributed by atoms with Crippen LogP contribution in [-0.2, 0) is 4.79 Å². The molecule has 5 rings (SSSR count). The Bertz CT molecular complexity index is 1300. The number of fused-ring (bicyclic) bond motifs is 1. The van der Waals surface area contributed by atoms with Crippen molar-refractivity contribution in [1.29, 1.82) is 0 Å². The highest BCUT2D eigenvalue weighted by atomic mass is 32.2. The van der Waals surface area contributed by atoms with Crippen LogP contribution in [-0.4, -0.2) is 37.6 Å². The SMILES string of the molecule is Cc1ccc(-c2nnc(SCC(=O)NN=Cc3c[nH]c4ccccc34)n2C2CCCCC2)cc1. The summed E-state index contributed by atoms with van der Waals surface area (Å²) in [5.41, 5.74) is 6.88. The number of nitrogens with one attached hydrogen (secondary N) is 2. The first-order valence-corrected chi connectivity index (χ1v) is 12.7. The van der Waals surface area contributed by atoms with Crippen molar-refractivity contribution >= 4 is 34.8 Å². The highest BCUT2D eigenvalue weighted by molar-refractivity contribution is 7.99. The molecule has 8 heteroatoms. The Labute approximate surface area is 203 Å². The number of aromatic nitrogens is 4. The second kappa shape index (κ2) is 10.3. The molecule has 34 heavy (non-hydrogen) atoms. The lowest BCUT2D eigenvalue weighted by Gasteiger charge is -2.25. The van der Waals surface area contributed by atoms with Crippen LogP contribution in [0.4, 0.5) is 0 Å². The summed E-state index contributed by atoms with van der Waals surface area (Å²) in [6, 6.07) is 16.8. The molecule has 0 spiro atoms. The van der Waals surface area contributed by atoms with Gasteiger partial charge in [0, 0.05) is 34.3 Å². The Hall–Kier alpha value is -3.39. The third-order valence-corrected chi connectivity index (χ3v) is 7.20. The van der Waals surface area contributed by atoms with E-state index in [1.54, 1.807) is 6.21 Å². The van der Waals surface area contributed by atoms with Crippen LogP contribution >= 0.6 is 11.8 Å². The van der Waals surface area contributed by atoms with E-state index in [0.29, 0.717) is 6.04 Å². The summed E-state index contributed by atoms with van der Waals surface area (Å²) in [5.74, 6) is 0.938. The first-order chi connectivity index (χ1) is 16.7. The molecule has 2 heterocycles. The average molecular weight is 473 g/mol. The molecule has 1 aliphatic rings. The van der Waals surface area contributed by atoms with Crippen LogP contribution in [0.25, 0.3) is 22.3 Å². The van der Waals surface area contributed by atoms with Crippen LogP contribution in [0, 0.1) is 6.92 Å². The van der Waals surface area contributed by atoms with E-state index in [-0.39, 0.29) is 11.7 Å². The van der Waals surface area contributed by atoms with E-state index in [0.717, 1.165) is 45.9 Å². The van der Waals surface area contributed by atoms with Gasteiger partial charge in [0.1, 0.15) is 0 Å². The molecule has 0 bridgehead atoms. The zero-order chi connectivity index (χ0) is 23.3. The smallest absolute Gasteiger partial charge is 0.250 e. The number of rotatable bonds is 7. The highest BCUT2D eigenvalue weighted by Gasteiger charge is 2.24. The molecule has 2 aromatic carbocycles. The Morgan fingerprint density at radius 1 is 1.15 bits per heavy atom. The second-order valence-corrected chi connectivity index (χ2v) is 9.65. The van der Waals surface area contributed by atoms with Crippen molar-refractivity contribution in [1.82, 2.24) is 25.2 Å². The topological polar surface area (TPSA) is 88.0 Å². The van der Waals surface area contributed by atoms with E-state index in [4.69, 9.17) is 0 Å². The number of thioether (sulfide) groups is 1. The number of carbonyl (C=O) groups is 1. The molecule has 1 amide bonds. The molecule has 4 aromatic rings. The van der Waals surface area contributed by atoms with Crippen molar-refractivity contribution < 1.29 is 4.79 Å². The number of aryl methyl sites for hydroxylation is 1. The summed E-state index contributed by atoms with van der Waals surface area (Å²) in [6.45, 7) is 2.08. The van der Waals surface area contributed by atoms with Crippen molar-refractivity contribution in [3.63, 3.8) is 0 Å². The maximum atomic E-state index is 12.5. The van der Waals surface area contributed by atoms with Crippen LogP contribution in [0.15, 0.2) is 65.0 Å². The normalized spacial score (nSPS) is 14.7. The van der Waals surface area contributed by atoms with Gasteiger partial charge in [0.05, 0.1) is 12.0 Å². The summed E-state index contributed by atoms with van der Waals surface area (Å²) in [5, 5.41) is 15.0. The van der Waals surface area contributed by atoms with Crippen molar-refractivity contribution in [2.45, 2.75) is 50.2 Å². The number of hydrogen-bond donors (Lipinski definition) is 2. The first-order valence-electron chi connectivity index (χ1n) is 11.7. The van der Waals surface area contributed by atoms with Crippen LogP contribution < -0.4 is 5.43 Å². The maximum Gasteiger partial charge on any atom is 0.250 e. The largest absolute Gasteiger partial charge is 0.361 e. The highest BCUT2D eigenvalue weighted by Crippen LogP contribution is 2.35. The molecule has 2 N–H and O–H groups in total. The van der Waals surface area contributed by atoms with Gasteiger partial charge in [0.15, 0.2) is 11.0 Å². The number of hydrogen-bond acceptors (Lipinski definition) is 5. The minimum Gasteiger partial charge on any atom is -0.361 e. The number of nitrogens with zero attached hydrogens (tertiary/aromatic N) is 4. The Balaban J connectivity index is 1.28. The van der Waals surface area contributed by atoms with Gasteiger partial charge in [-0.15, -0.1) is 10.2 Å². The molecule has 0 unspecified atom stereocenters. The molecule has 0 aliphatic heterocycles. The summed E-state index contributed by atoms with van der Waals surface area (Å²) in [7, 11) is 0. The predicted molar refractivity (Wildman–Crippen MR) is 137 cm³/mol. The van der Waals surface area contributed by atoms with E-state index in [2.05, 4.69) is 61.5 Å². The lowest BCUT2D eigenvalue weighted by molar-refractivity contribution is -0.118. The van der Waals surface area contributed by atoms with Crippen LogP contribution in [0.2, 0.25) is 0 Å². The minimum atomic E-state index is -0.170. The number of H-pyrrole nitrogens is 1. The van der Waals surface area contributed by atoms with Crippen molar-refractivity contribution in [3.05, 3.63) is 65.9 Å². The van der Waals surface area contributed by atoms with E-state index < -0.39 is 0 Å². The standard InChI is InChI=1S/C26H28N6OS/c1-18-11-13-19(14-12-18)25-30-31-26(32(25)21-7-3-2-4-8-21)34-17-24(33)29-28-16-20-15-27-23-10-6-5-9-22(20)23/h5-6,9-16,21,27H,2-4,7-8,17H2,1H3,(H,29,33). The van der Waals surface area contributed by atoms with Gasteiger partial charge in [0.2, 0.25) is 0 Å². The number of para-hydroxylation sites is 1. The lowest BCUT2D eigenvalue weighted by atomic mass is 9.95. The summed E-state index contributed by atoms with van der Waals surface area (Å²) >= 11 is 1.42. The third-order valence-electron chi connectivity index (χ3n) is 6.26. The van der Waals surface area contributed by atoms with Gasteiger partial charge in [0.25, 0.3) is 5.91 Å². The third kappa shape index (κ3) is 4.92. The van der Waals surface area contributed by atoms with Gasteiger partial charge >= 0.3 is 0 Å². The minimum absolute atomic E-state index is 0.170. The Morgan fingerprint density at radius 3 is 2.76 bits per heavy atom. The van der Waals surface area contributed by atoms with Gasteiger partial charge in [-0.05, 0) is 25.8 Å². The molecular formula is C26H28N6OS. The van der Waals surface area contributed by atoms with Crippen LogP contribution in [0.3, 0.4) is 0 Å². The van der Waals surface area contributed by atoms with Crippen molar-refractivity contribution in [2.24, 2.45) is 5.10 Å². The molecule has 0 atom stereocenters. The van der Waals surface area contributed by atoms with Gasteiger partial charge in [-0.25, -0.2) is 5.43 Å². The molecule has 0 radical (unpaired) electrons. The molecule has 0 saturated heterocycles. The summed E-state index contributed by atoms with van der Waals surface area (Å²) in [6.07, 6.45) is 9.48. The maximum absolute atomic E-state index is 12.5. The zero-order valence-electron chi connectivity index (χ0n) is 19.2. The molecule has 7 nitrogen and oxygen atoms in total. The lowest BCUT2D eigenvalue weighted by Crippen LogP contribution is -2.20.